The Balaban J connectivity index is 2.23. The lowest BCUT2D eigenvalue weighted by molar-refractivity contribution is -0.137. The molecule has 6 heteroatoms. The molecule has 0 bridgehead atoms. The molecule has 130 valence electrons. The summed E-state index contributed by atoms with van der Waals surface area (Å²) in [6.45, 7) is 8.47. The fourth-order valence-electron chi connectivity index (χ4n) is 3.35. The monoisotopic (exact) mass is 349 g/mol. The van der Waals surface area contributed by atoms with Gasteiger partial charge < -0.3 is 4.74 Å². The maximum atomic E-state index is 13.0. The molecule has 0 N–H and O–H groups in total. The Labute approximate surface area is 140 Å². The first-order valence-electron chi connectivity index (χ1n) is 7.60. The van der Waals surface area contributed by atoms with Gasteiger partial charge in [0.2, 0.25) is 0 Å². The third-order valence-electron chi connectivity index (χ3n) is 4.82. The summed E-state index contributed by atoms with van der Waals surface area (Å²) in [6, 6.07) is 3.72. The first-order chi connectivity index (χ1) is 10.3. The topological polar surface area (TPSA) is 12.5 Å². The number of likely N-dealkylation sites (tertiary alicyclic amines) is 1. The lowest BCUT2D eigenvalue weighted by Gasteiger charge is -2.53. The van der Waals surface area contributed by atoms with Crippen LogP contribution in [0.5, 0.6) is 5.75 Å². The Morgan fingerprint density at radius 2 is 1.65 bits per heavy atom. The van der Waals surface area contributed by atoms with Gasteiger partial charge in [-0.05, 0) is 52.9 Å². The summed E-state index contributed by atoms with van der Waals surface area (Å²) in [4.78, 5) is 2.29. The van der Waals surface area contributed by atoms with Crippen LogP contribution in [-0.2, 0) is 6.18 Å². The van der Waals surface area contributed by atoms with Gasteiger partial charge in [-0.1, -0.05) is 11.6 Å². The van der Waals surface area contributed by atoms with E-state index in [0.29, 0.717) is 0 Å². The van der Waals surface area contributed by atoms with Crippen LogP contribution in [0.15, 0.2) is 18.2 Å². The summed E-state index contributed by atoms with van der Waals surface area (Å²) in [5.41, 5.74) is -1.04. The smallest absolute Gasteiger partial charge is 0.417 e. The predicted molar refractivity (Wildman–Crippen MR) is 86.0 cm³/mol. The number of ether oxygens (including phenoxy) is 1. The summed E-state index contributed by atoms with van der Waals surface area (Å²) in [7, 11) is 2.07. The van der Waals surface area contributed by atoms with Gasteiger partial charge >= 0.3 is 6.18 Å². The highest BCUT2D eigenvalue weighted by molar-refractivity contribution is 6.31. The molecule has 0 radical (unpaired) electrons. The quantitative estimate of drug-likeness (QED) is 0.709. The van der Waals surface area contributed by atoms with Gasteiger partial charge in [-0.3, -0.25) is 4.90 Å². The van der Waals surface area contributed by atoms with Crippen molar-refractivity contribution in [2.75, 3.05) is 7.05 Å². The van der Waals surface area contributed by atoms with Crippen molar-refractivity contribution in [2.45, 2.75) is 63.9 Å². The van der Waals surface area contributed by atoms with E-state index in [0.717, 1.165) is 18.9 Å². The molecule has 1 aromatic rings. The van der Waals surface area contributed by atoms with Crippen LogP contribution < -0.4 is 4.74 Å². The van der Waals surface area contributed by atoms with Crippen molar-refractivity contribution < 1.29 is 17.9 Å². The van der Waals surface area contributed by atoms with Gasteiger partial charge in [0.25, 0.3) is 0 Å². The second-order valence-electron chi connectivity index (χ2n) is 7.47. The highest BCUT2D eigenvalue weighted by atomic mass is 35.5. The molecule has 1 aliphatic heterocycles. The average molecular weight is 350 g/mol. The second kappa shape index (κ2) is 5.85. The molecule has 2 rings (SSSR count). The van der Waals surface area contributed by atoms with E-state index in [1.54, 1.807) is 0 Å². The normalized spacial score (nSPS) is 22.1. The number of benzene rings is 1. The first-order valence-corrected chi connectivity index (χ1v) is 7.98. The highest BCUT2D eigenvalue weighted by Gasteiger charge is 2.44. The van der Waals surface area contributed by atoms with Gasteiger partial charge in [-0.15, -0.1) is 0 Å². The zero-order valence-corrected chi connectivity index (χ0v) is 14.8. The second-order valence-corrected chi connectivity index (χ2v) is 7.88. The third-order valence-corrected chi connectivity index (χ3v) is 5.15. The number of halogens is 4. The van der Waals surface area contributed by atoms with Gasteiger partial charge in [0.1, 0.15) is 11.9 Å². The number of rotatable bonds is 2. The Morgan fingerprint density at radius 3 is 2.13 bits per heavy atom. The Kier molecular flexibility index (Phi) is 4.68. The minimum Gasteiger partial charge on any atom is -0.490 e. The van der Waals surface area contributed by atoms with Crippen molar-refractivity contribution >= 4 is 11.6 Å². The van der Waals surface area contributed by atoms with Gasteiger partial charge in [-0.2, -0.15) is 13.2 Å². The lowest BCUT2D eigenvalue weighted by Crippen LogP contribution is -2.60. The van der Waals surface area contributed by atoms with Crippen molar-refractivity contribution in [3.05, 3.63) is 28.8 Å². The molecule has 1 aliphatic rings. The summed E-state index contributed by atoms with van der Waals surface area (Å²) in [5, 5.41) is -0.311. The zero-order valence-electron chi connectivity index (χ0n) is 14.1. The minimum atomic E-state index is -4.48. The molecule has 1 fully saturated rings. The fourth-order valence-corrected chi connectivity index (χ4v) is 3.58. The Hall–Kier alpha value is -0.940. The molecule has 0 aromatic heterocycles. The van der Waals surface area contributed by atoms with Crippen molar-refractivity contribution in [3.8, 4) is 5.75 Å². The Bertz CT molecular complexity index is 566. The fraction of sp³-hybridized carbons (Fsp3) is 0.647. The average Bonchev–Trinajstić information content (AvgIpc) is 2.36. The van der Waals surface area contributed by atoms with Gasteiger partial charge in [0.05, 0.1) is 10.6 Å². The standard InChI is InChI=1S/C17H23ClF3NO/c1-15(2)9-12(10-16(3,4)22(15)5)23-11-6-7-14(18)13(8-11)17(19,20)21/h6-8,12H,9-10H2,1-5H3. The maximum absolute atomic E-state index is 13.0. The van der Waals surface area contributed by atoms with Crippen LogP contribution in [0.25, 0.3) is 0 Å². The lowest BCUT2D eigenvalue weighted by atomic mass is 9.79. The first kappa shape index (κ1) is 18.4. The van der Waals surface area contributed by atoms with Crippen LogP contribution in [0.3, 0.4) is 0 Å². The van der Waals surface area contributed by atoms with E-state index in [1.807, 2.05) is 0 Å². The predicted octanol–water partition coefficient (Wildman–Crippen LogP) is 5.39. The van der Waals surface area contributed by atoms with E-state index in [9.17, 15) is 13.2 Å². The van der Waals surface area contributed by atoms with Gasteiger partial charge in [0.15, 0.2) is 0 Å². The van der Waals surface area contributed by atoms with Gasteiger partial charge in [-0.25, -0.2) is 0 Å². The number of hydrogen-bond donors (Lipinski definition) is 0. The number of piperidine rings is 1. The molecule has 0 aliphatic carbocycles. The minimum absolute atomic E-state index is 0.0916. The molecule has 2 nitrogen and oxygen atoms in total. The highest BCUT2D eigenvalue weighted by Crippen LogP contribution is 2.40. The van der Waals surface area contributed by atoms with Crippen LogP contribution in [0, 0.1) is 0 Å². The van der Waals surface area contributed by atoms with Crippen molar-refractivity contribution in [2.24, 2.45) is 0 Å². The number of hydrogen-bond acceptors (Lipinski definition) is 2. The van der Waals surface area contributed by atoms with Crippen molar-refractivity contribution in [1.82, 2.24) is 4.90 Å². The molecule has 0 amide bonds. The number of nitrogens with zero attached hydrogens (tertiary/aromatic N) is 1. The summed E-state index contributed by atoms with van der Waals surface area (Å²) in [6.07, 6.45) is -3.13. The zero-order chi connectivity index (χ0) is 17.6. The molecule has 23 heavy (non-hydrogen) atoms. The molecule has 1 heterocycles. The van der Waals surface area contributed by atoms with Crippen molar-refractivity contribution in [3.63, 3.8) is 0 Å². The summed E-state index contributed by atoms with van der Waals surface area (Å²) < 4.78 is 44.8. The van der Waals surface area contributed by atoms with Crippen LogP contribution in [0.2, 0.25) is 5.02 Å². The van der Waals surface area contributed by atoms with E-state index in [1.165, 1.54) is 12.1 Å². The van der Waals surface area contributed by atoms with Crippen LogP contribution >= 0.6 is 11.6 Å². The molecule has 0 saturated carbocycles. The SMILES string of the molecule is CN1C(C)(C)CC(Oc2ccc(Cl)c(C(F)(F)F)c2)CC1(C)C. The molecule has 0 atom stereocenters. The molecule has 0 spiro atoms. The molecule has 1 saturated heterocycles. The molecule has 1 aromatic carbocycles. The van der Waals surface area contributed by atoms with Crippen LogP contribution in [0.1, 0.15) is 46.1 Å². The van der Waals surface area contributed by atoms with Crippen molar-refractivity contribution in [1.29, 1.82) is 0 Å². The molecular weight excluding hydrogens is 327 g/mol. The van der Waals surface area contributed by atoms with E-state index < -0.39 is 11.7 Å². The largest absolute Gasteiger partial charge is 0.490 e. The van der Waals surface area contributed by atoms with E-state index in [-0.39, 0.29) is 28.0 Å². The van der Waals surface area contributed by atoms with E-state index in [4.69, 9.17) is 16.3 Å². The molecular formula is C17H23ClF3NO. The Morgan fingerprint density at radius 1 is 1.13 bits per heavy atom. The summed E-state index contributed by atoms with van der Waals surface area (Å²) >= 11 is 5.65. The number of alkyl halides is 3. The van der Waals surface area contributed by atoms with Gasteiger partial charge in [0, 0.05) is 23.9 Å². The molecule has 0 unspecified atom stereocenters. The van der Waals surface area contributed by atoms with E-state index >= 15 is 0 Å². The van der Waals surface area contributed by atoms with Crippen LogP contribution in [0.4, 0.5) is 13.2 Å². The maximum Gasteiger partial charge on any atom is 0.417 e. The van der Waals surface area contributed by atoms with E-state index in [2.05, 4.69) is 39.6 Å². The third kappa shape index (κ3) is 3.94. The van der Waals surface area contributed by atoms with Crippen LogP contribution in [-0.4, -0.2) is 29.1 Å². The summed E-state index contributed by atoms with van der Waals surface area (Å²) in [5.74, 6) is 0.211.